The highest BCUT2D eigenvalue weighted by molar-refractivity contribution is 7.80. The molecule has 0 spiro atoms. The van der Waals surface area contributed by atoms with Crippen LogP contribution in [0.2, 0.25) is 0 Å². The molecule has 0 aromatic rings. The Morgan fingerprint density at radius 2 is 1.74 bits per heavy atom. The molecule has 0 amide bonds. The SMILES string of the molecule is C=CC(=O)O.CC=C(C)C(=O)OC.O=C(O)CCS. The Labute approximate surface area is 118 Å². The Hall–Kier alpha value is -1.76. The zero-order valence-electron chi connectivity index (χ0n) is 11.3. The van der Waals surface area contributed by atoms with Crippen LogP contribution < -0.4 is 0 Å². The zero-order chi connectivity index (χ0) is 15.8. The van der Waals surface area contributed by atoms with Crippen LogP contribution in [-0.2, 0) is 19.1 Å². The maximum atomic E-state index is 10.5. The van der Waals surface area contributed by atoms with Crippen molar-refractivity contribution in [3.8, 4) is 0 Å². The summed E-state index contributed by atoms with van der Waals surface area (Å²) in [7, 11) is 1.37. The van der Waals surface area contributed by atoms with E-state index in [9.17, 15) is 14.4 Å². The van der Waals surface area contributed by atoms with Crippen LogP contribution in [0, 0.1) is 0 Å². The van der Waals surface area contributed by atoms with Crippen molar-refractivity contribution in [1.82, 2.24) is 0 Å². The molecule has 0 unspecified atom stereocenters. The zero-order valence-corrected chi connectivity index (χ0v) is 12.1. The summed E-state index contributed by atoms with van der Waals surface area (Å²) in [5.41, 5.74) is 0.646. The lowest BCUT2D eigenvalue weighted by Crippen LogP contribution is -2.00. The summed E-state index contributed by atoms with van der Waals surface area (Å²) in [5, 5.41) is 15.5. The number of thiol groups is 1. The first-order chi connectivity index (χ1) is 8.76. The number of carboxylic acids is 2. The van der Waals surface area contributed by atoms with Gasteiger partial charge in [0.1, 0.15) is 0 Å². The lowest BCUT2D eigenvalue weighted by molar-refractivity contribution is -0.137. The van der Waals surface area contributed by atoms with Gasteiger partial charge in [-0.1, -0.05) is 12.7 Å². The normalized spacial score (nSPS) is 8.95. The van der Waals surface area contributed by atoms with Crippen molar-refractivity contribution in [3.63, 3.8) is 0 Å². The molecule has 0 atom stereocenters. The number of aliphatic carboxylic acids is 2. The van der Waals surface area contributed by atoms with Crippen LogP contribution in [0.4, 0.5) is 0 Å². The van der Waals surface area contributed by atoms with E-state index >= 15 is 0 Å². The number of hydrogen-bond acceptors (Lipinski definition) is 5. The molecule has 7 heteroatoms. The van der Waals surface area contributed by atoms with Gasteiger partial charge in [0.2, 0.25) is 0 Å². The highest BCUT2D eigenvalue weighted by atomic mass is 32.1. The Bertz CT molecular complexity index is 322. The van der Waals surface area contributed by atoms with E-state index in [0.717, 1.165) is 6.08 Å². The number of hydrogen-bond donors (Lipinski definition) is 3. The summed E-state index contributed by atoms with van der Waals surface area (Å²) in [6, 6.07) is 0. The summed E-state index contributed by atoms with van der Waals surface area (Å²) in [6.07, 6.45) is 2.70. The van der Waals surface area contributed by atoms with Gasteiger partial charge in [0.05, 0.1) is 13.5 Å². The van der Waals surface area contributed by atoms with Crippen LogP contribution in [0.1, 0.15) is 20.3 Å². The third kappa shape index (κ3) is 26.1. The Morgan fingerprint density at radius 3 is 1.79 bits per heavy atom. The standard InChI is InChI=1S/C6H10O2.C3H6O2S.C3H4O2/c1-4-5(2)6(7)8-3;4-3(5)1-2-6;1-2-3(4)5/h4H,1-3H3;6H,1-2H2,(H,4,5);2H,1H2,(H,4,5). The van der Waals surface area contributed by atoms with Gasteiger partial charge >= 0.3 is 17.9 Å². The molecule has 0 saturated carbocycles. The van der Waals surface area contributed by atoms with E-state index in [1.807, 2.05) is 0 Å². The molecule has 0 aliphatic carbocycles. The van der Waals surface area contributed by atoms with E-state index in [1.165, 1.54) is 7.11 Å². The first-order valence-corrected chi connectivity index (χ1v) is 5.79. The number of carboxylic acid groups (broad SMARTS) is 2. The number of carbonyl (C=O) groups excluding carboxylic acids is 1. The minimum atomic E-state index is -0.981. The highest BCUT2D eigenvalue weighted by Gasteiger charge is 1.98. The lowest BCUT2D eigenvalue weighted by Gasteiger charge is -1.93. The van der Waals surface area contributed by atoms with Crippen molar-refractivity contribution in [2.45, 2.75) is 20.3 Å². The Morgan fingerprint density at radius 1 is 1.32 bits per heavy atom. The van der Waals surface area contributed by atoms with Gasteiger partial charge in [-0.15, -0.1) is 0 Å². The fourth-order valence-corrected chi connectivity index (χ4v) is 0.566. The molecule has 0 saturated heterocycles. The van der Waals surface area contributed by atoms with Crippen LogP contribution in [0.15, 0.2) is 24.3 Å². The highest BCUT2D eigenvalue weighted by Crippen LogP contribution is 1.92. The van der Waals surface area contributed by atoms with Gasteiger partial charge in [-0.05, 0) is 13.8 Å². The maximum absolute atomic E-state index is 10.5. The van der Waals surface area contributed by atoms with Crippen LogP contribution >= 0.6 is 12.6 Å². The number of methoxy groups -OCH3 is 1. The summed E-state index contributed by atoms with van der Waals surface area (Å²) in [5.74, 6) is -1.60. The van der Waals surface area contributed by atoms with Crippen LogP contribution in [0.3, 0.4) is 0 Å². The van der Waals surface area contributed by atoms with E-state index in [2.05, 4.69) is 23.9 Å². The van der Waals surface area contributed by atoms with Crippen LogP contribution in [0.5, 0.6) is 0 Å². The number of ether oxygens (including phenoxy) is 1. The topological polar surface area (TPSA) is 101 Å². The Balaban J connectivity index is -0.000000209. The van der Waals surface area contributed by atoms with Gasteiger partial charge in [0.15, 0.2) is 0 Å². The molecule has 2 N–H and O–H groups in total. The average Bonchev–Trinajstić information content (AvgIpc) is 2.38. The average molecular weight is 292 g/mol. The van der Waals surface area contributed by atoms with Gasteiger partial charge in [-0.3, -0.25) is 4.79 Å². The summed E-state index contributed by atoms with van der Waals surface area (Å²) < 4.78 is 4.40. The maximum Gasteiger partial charge on any atom is 0.333 e. The molecule has 6 nitrogen and oxygen atoms in total. The third-order valence-corrected chi connectivity index (χ3v) is 1.66. The molecule has 0 radical (unpaired) electrons. The van der Waals surface area contributed by atoms with Gasteiger partial charge in [0, 0.05) is 17.4 Å². The van der Waals surface area contributed by atoms with Crippen molar-refractivity contribution >= 4 is 30.5 Å². The van der Waals surface area contributed by atoms with Crippen molar-refractivity contribution in [3.05, 3.63) is 24.3 Å². The molecule has 110 valence electrons. The van der Waals surface area contributed by atoms with Crippen molar-refractivity contribution < 1.29 is 29.3 Å². The molecule has 0 heterocycles. The predicted octanol–water partition coefficient (Wildman–Crippen LogP) is 1.77. The predicted molar refractivity (Wildman–Crippen MR) is 75.4 cm³/mol. The smallest absolute Gasteiger partial charge is 0.333 e. The van der Waals surface area contributed by atoms with E-state index in [1.54, 1.807) is 19.9 Å². The number of carbonyl (C=O) groups is 3. The van der Waals surface area contributed by atoms with E-state index in [4.69, 9.17) is 10.2 Å². The van der Waals surface area contributed by atoms with Gasteiger partial charge in [0.25, 0.3) is 0 Å². The fourth-order valence-electron chi connectivity index (χ4n) is 0.374. The van der Waals surface area contributed by atoms with E-state index < -0.39 is 11.9 Å². The molecule has 0 bridgehead atoms. The molecular weight excluding hydrogens is 272 g/mol. The van der Waals surface area contributed by atoms with Gasteiger partial charge in [-0.25, -0.2) is 9.59 Å². The second kappa shape index (κ2) is 16.2. The van der Waals surface area contributed by atoms with Crippen molar-refractivity contribution in [2.24, 2.45) is 0 Å². The summed E-state index contributed by atoms with van der Waals surface area (Å²) in [4.78, 5) is 29.3. The third-order valence-electron chi connectivity index (χ3n) is 1.44. The molecule has 19 heavy (non-hydrogen) atoms. The largest absolute Gasteiger partial charge is 0.481 e. The molecule has 0 rings (SSSR count). The minimum Gasteiger partial charge on any atom is -0.481 e. The van der Waals surface area contributed by atoms with Crippen LogP contribution in [0.25, 0.3) is 0 Å². The van der Waals surface area contributed by atoms with Gasteiger partial charge < -0.3 is 14.9 Å². The van der Waals surface area contributed by atoms with Crippen molar-refractivity contribution in [1.29, 1.82) is 0 Å². The summed E-state index contributed by atoms with van der Waals surface area (Å²) in [6.45, 7) is 6.47. The molecular formula is C12H20O6S. The quantitative estimate of drug-likeness (QED) is 0.415. The second-order valence-electron chi connectivity index (χ2n) is 2.87. The molecule has 0 aliphatic heterocycles. The fraction of sp³-hybridized carbons (Fsp3) is 0.417. The van der Waals surface area contributed by atoms with E-state index in [-0.39, 0.29) is 12.4 Å². The number of esters is 1. The molecule has 0 aromatic heterocycles. The first-order valence-electron chi connectivity index (χ1n) is 5.15. The second-order valence-corrected chi connectivity index (χ2v) is 3.32. The number of allylic oxidation sites excluding steroid dienone is 1. The number of rotatable bonds is 4. The van der Waals surface area contributed by atoms with E-state index in [0.29, 0.717) is 11.3 Å². The van der Waals surface area contributed by atoms with Gasteiger partial charge in [-0.2, -0.15) is 12.6 Å². The first kappa shape index (κ1) is 22.4. The minimum absolute atomic E-state index is 0.156. The van der Waals surface area contributed by atoms with Crippen LogP contribution in [-0.4, -0.2) is 41.0 Å². The Kier molecular flexibility index (Phi) is 19.2. The molecule has 0 aliphatic rings. The summed E-state index contributed by atoms with van der Waals surface area (Å²) >= 11 is 3.68. The molecule has 0 aromatic carbocycles. The van der Waals surface area contributed by atoms with Crippen molar-refractivity contribution in [2.75, 3.05) is 12.9 Å². The monoisotopic (exact) mass is 292 g/mol. The lowest BCUT2D eigenvalue weighted by atomic mass is 10.3. The molecule has 0 fully saturated rings.